The first-order chi connectivity index (χ1) is 9.69. The molecular formula is C14H23N3O3. The molecule has 6 nitrogen and oxygen atoms in total. The Morgan fingerprint density at radius 2 is 1.95 bits per heavy atom. The zero-order valence-corrected chi connectivity index (χ0v) is 12.0. The van der Waals surface area contributed by atoms with Gasteiger partial charge < -0.3 is 14.4 Å². The highest BCUT2D eigenvalue weighted by Gasteiger charge is 2.40. The summed E-state index contributed by atoms with van der Waals surface area (Å²) in [4.78, 5) is 4.83. The van der Waals surface area contributed by atoms with Crippen LogP contribution in [0.2, 0.25) is 0 Å². The molecule has 1 aromatic rings. The zero-order valence-electron chi connectivity index (χ0n) is 12.0. The molecule has 0 aliphatic carbocycles. The molecule has 3 heterocycles. The number of hydrogen-bond acceptors (Lipinski definition) is 6. The minimum atomic E-state index is -0.00854. The van der Waals surface area contributed by atoms with E-state index in [2.05, 4.69) is 15.0 Å². The molecule has 2 aliphatic rings. The Kier molecular flexibility index (Phi) is 4.07. The molecule has 0 saturated carbocycles. The first kappa shape index (κ1) is 14.0. The molecule has 2 fully saturated rings. The largest absolute Gasteiger partial charge is 0.396 e. The number of nitrogens with zero attached hydrogens (tertiary/aromatic N) is 3. The van der Waals surface area contributed by atoms with E-state index in [0.717, 1.165) is 50.7 Å². The van der Waals surface area contributed by atoms with Gasteiger partial charge in [-0.05, 0) is 6.92 Å². The Balaban J connectivity index is 1.45. The van der Waals surface area contributed by atoms with E-state index < -0.39 is 0 Å². The summed E-state index contributed by atoms with van der Waals surface area (Å²) in [5.74, 6) is 0.869. The first-order valence-corrected chi connectivity index (χ1v) is 7.25. The molecule has 3 rings (SSSR count). The van der Waals surface area contributed by atoms with Crippen LogP contribution in [0.5, 0.6) is 0 Å². The predicted octanol–water partition coefficient (Wildman–Crippen LogP) is 0.110. The molecule has 112 valence electrons. The lowest BCUT2D eigenvalue weighted by molar-refractivity contribution is -0.150. The highest BCUT2D eigenvalue weighted by molar-refractivity contribution is 5.03. The van der Waals surface area contributed by atoms with Crippen LogP contribution in [0.4, 0.5) is 0 Å². The fraction of sp³-hybridized carbons (Fsp3) is 0.786. The van der Waals surface area contributed by atoms with Gasteiger partial charge in [0.15, 0.2) is 0 Å². The van der Waals surface area contributed by atoms with Crippen LogP contribution in [-0.2, 0) is 11.3 Å². The summed E-state index contributed by atoms with van der Waals surface area (Å²) in [5, 5.41) is 13.5. The van der Waals surface area contributed by atoms with Gasteiger partial charge in [-0.15, -0.1) is 0 Å². The van der Waals surface area contributed by atoms with Crippen LogP contribution in [0.3, 0.4) is 0 Å². The van der Waals surface area contributed by atoms with Gasteiger partial charge in [0.1, 0.15) is 5.76 Å². The van der Waals surface area contributed by atoms with Gasteiger partial charge in [0.25, 0.3) is 0 Å². The number of piperazine rings is 1. The third kappa shape index (κ3) is 3.03. The van der Waals surface area contributed by atoms with Crippen molar-refractivity contribution in [2.45, 2.75) is 13.5 Å². The number of hydrogen-bond donors (Lipinski definition) is 1. The number of aromatic nitrogens is 1. The fourth-order valence-electron chi connectivity index (χ4n) is 2.92. The van der Waals surface area contributed by atoms with E-state index in [1.165, 1.54) is 0 Å². The van der Waals surface area contributed by atoms with Gasteiger partial charge in [0.2, 0.25) is 0 Å². The molecule has 20 heavy (non-hydrogen) atoms. The minimum absolute atomic E-state index is 0.00854. The van der Waals surface area contributed by atoms with E-state index in [9.17, 15) is 5.11 Å². The van der Waals surface area contributed by atoms with Crippen molar-refractivity contribution in [2.75, 3.05) is 52.5 Å². The number of aliphatic hydroxyl groups is 1. The van der Waals surface area contributed by atoms with Crippen molar-refractivity contribution in [3.05, 3.63) is 17.5 Å². The monoisotopic (exact) mass is 281 g/mol. The van der Waals surface area contributed by atoms with Gasteiger partial charge in [-0.2, -0.15) is 0 Å². The molecule has 6 heteroatoms. The highest BCUT2D eigenvalue weighted by Crippen LogP contribution is 2.28. The average Bonchev–Trinajstić information content (AvgIpc) is 2.81. The summed E-state index contributed by atoms with van der Waals surface area (Å²) in [6.07, 6.45) is 0. The van der Waals surface area contributed by atoms with Crippen LogP contribution in [0, 0.1) is 12.3 Å². The second-order valence-corrected chi connectivity index (χ2v) is 6.13. The minimum Gasteiger partial charge on any atom is -0.396 e. The summed E-state index contributed by atoms with van der Waals surface area (Å²) in [6.45, 7) is 9.50. The van der Waals surface area contributed by atoms with E-state index in [-0.39, 0.29) is 12.0 Å². The highest BCUT2D eigenvalue weighted by atomic mass is 16.5. The van der Waals surface area contributed by atoms with E-state index in [1.54, 1.807) is 0 Å². The molecule has 0 radical (unpaired) electrons. The van der Waals surface area contributed by atoms with Gasteiger partial charge in [-0.1, -0.05) is 5.16 Å². The van der Waals surface area contributed by atoms with E-state index in [4.69, 9.17) is 9.26 Å². The lowest BCUT2D eigenvalue weighted by atomic mass is 9.86. The van der Waals surface area contributed by atoms with Crippen LogP contribution < -0.4 is 0 Å². The second kappa shape index (κ2) is 5.81. The van der Waals surface area contributed by atoms with Gasteiger partial charge in [-0.3, -0.25) is 9.80 Å². The van der Waals surface area contributed by atoms with Crippen LogP contribution >= 0.6 is 0 Å². The Morgan fingerprint density at radius 3 is 2.45 bits per heavy atom. The Labute approximate surface area is 119 Å². The van der Waals surface area contributed by atoms with Crippen molar-refractivity contribution in [3.63, 3.8) is 0 Å². The lowest BCUT2D eigenvalue weighted by Gasteiger charge is -2.45. The third-order valence-corrected chi connectivity index (χ3v) is 4.24. The number of ether oxygens (including phenoxy) is 1. The van der Waals surface area contributed by atoms with Crippen LogP contribution in [-0.4, -0.2) is 72.6 Å². The van der Waals surface area contributed by atoms with Crippen molar-refractivity contribution in [1.29, 1.82) is 0 Å². The maximum absolute atomic E-state index is 9.48. The predicted molar refractivity (Wildman–Crippen MR) is 73.3 cm³/mol. The molecule has 1 N–H and O–H groups in total. The van der Waals surface area contributed by atoms with E-state index in [1.807, 2.05) is 13.0 Å². The summed E-state index contributed by atoms with van der Waals surface area (Å²) in [7, 11) is 0. The Hall–Kier alpha value is -0.950. The molecule has 2 aliphatic heterocycles. The number of rotatable bonds is 5. The molecule has 0 atom stereocenters. The summed E-state index contributed by atoms with van der Waals surface area (Å²) >= 11 is 0. The fourth-order valence-corrected chi connectivity index (χ4v) is 2.92. The van der Waals surface area contributed by atoms with E-state index >= 15 is 0 Å². The van der Waals surface area contributed by atoms with Crippen molar-refractivity contribution in [2.24, 2.45) is 5.41 Å². The lowest BCUT2D eigenvalue weighted by Crippen LogP contribution is -2.56. The Morgan fingerprint density at radius 1 is 1.25 bits per heavy atom. The molecule has 0 aromatic carbocycles. The molecule has 1 aromatic heterocycles. The summed E-state index contributed by atoms with van der Waals surface area (Å²) in [6, 6.07) is 2.00. The SMILES string of the molecule is Cc1cc(CN2CCN(CC3(CO)COC3)CC2)no1. The maximum atomic E-state index is 9.48. The van der Waals surface area contributed by atoms with Crippen molar-refractivity contribution < 1.29 is 14.4 Å². The molecule has 2 saturated heterocycles. The van der Waals surface area contributed by atoms with Crippen molar-refractivity contribution in [1.82, 2.24) is 15.0 Å². The van der Waals surface area contributed by atoms with Gasteiger partial charge in [0.05, 0.1) is 30.9 Å². The number of aryl methyl sites for hydroxylation is 1. The first-order valence-electron chi connectivity index (χ1n) is 7.25. The summed E-state index contributed by atoms with van der Waals surface area (Å²) in [5.41, 5.74) is 1.00. The van der Waals surface area contributed by atoms with Gasteiger partial charge in [0, 0.05) is 45.3 Å². The molecule has 0 unspecified atom stereocenters. The smallest absolute Gasteiger partial charge is 0.133 e. The van der Waals surface area contributed by atoms with Crippen LogP contribution in [0.25, 0.3) is 0 Å². The topological polar surface area (TPSA) is 62.0 Å². The quantitative estimate of drug-likeness (QED) is 0.826. The molecule has 0 amide bonds. The third-order valence-electron chi connectivity index (χ3n) is 4.24. The maximum Gasteiger partial charge on any atom is 0.133 e. The summed E-state index contributed by atoms with van der Waals surface area (Å²) < 4.78 is 10.4. The van der Waals surface area contributed by atoms with Gasteiger partial charge in [-0.25, -0.2) is 0 Å². The van der Waals surface area contributed by atoms with Crippen molar-refractivity contribution in [3.8, 4) is 0 Å². The second-order valence-electron chi connectivity index (χ2n) is 6.13. The molecule has 0 spiro atoms. The average molecular weight is 281 g/mol. The molecular weight excluding hydrogens is 258 g/mol. The zero-order chi connectivity index (χ0) is 14.0. The number of aliphatic hydroxyl groups excluding tert-OH is 1. The van der Waals surface area contributed by atoms with Crippen molar-refractivity contribution >= 4 is 0 Å². The standard InChI is InChI=1S/C14H23N3O3/c1-12-6-13(15-20-12)7-16-2-4-17(5-3-16)8-14(9-18)10-19-11-14/h6,18H,2-5,7-11H2,1H3. The van der Waals surface area contributed by atoms with E-state index in [0.29, 0.717) is 13.2 Å². The van der Waals surface area contributed by atoms with Crippen LogP contribution in [0.1, 0.15) is 11.5 Å². The normalized spacial score (nSPS) is 23.7. The van der Waals surface area contributed by atoms with Crippen LogP contribution in [0.15, 0.2) is 10.6 Å². The molecule has 0 bridgehead atoms. The van der Waals surface area contributed by atoms with Gasteiger partial charge >= 0.3 is 0 Å². The Bertz CT molecular complexity index is 431.